The normalized spacial score (nSPS) is 16.9. The van der Waals surface area contributed by atoms with Gasteiger partial charge in [0.2, 0.25) is 0 Å². The number of H-pyrrole nitrogens is 1. The van der Waals surface area contributed by atoms with Gasteiger partial charge in [-0.2, -0.15) is 0 Å². The van der Waals surface area contributed by atoms with Gasteiger partial charge in [-0.05, 0) is 80.1 Å². The van der Waals surface area contributed by atoms with E-state index < -0.39 is 0 Å². The van der Waals surface area contributed by atoms with Crippen LogP contribution in [0.5, 0.6) is 0 Å². The molecule has 0 radical (unpaired) electrons. The molecule has 8 heteroatoms. The number of benzene rings is 3. The maximum Gasteiger partial charge on any atom is 0.256 e. The molecule has 3 aromatic carbocycles. The summed E-state index contributed by atoms with van der Waals surface area (Å²) in [5, 5.41) is 8.27. The third-order valence-corrected chi connectivity index (χ3v) is 8.46. The Morgan fingerprint density at radius 3 is 2.45 bits per heavy atom. The standard InChI is InChI=1S/C34H35N5O3/c1-20-30(35-22(3)31(20)34(42)39-15-13-38(4)14-16-39)19-28-27-18-26(11-12-29(27)37-33(28)41)32(40)36-21(2)24-10-9-23-7-5-6-8-25(23)17-24/h5-12,17-19,21,35H,13-16H2,1-4H3,(H,36,40)(H,37,41)/t21-/m1/s1. The number of likely N-dealkylation sites (N-methyl/N-ethyl adjacent to an activating group) is 1. The fraction of sp³-hybridized carbons (Fsp3) is 0.265. The van der Waals surface area contributed by atoms with Gasteiger partial charge in [-0.3, -0.25) is 14.4 Å². The Hall–Kier alpha value is -4.69. The van der Waals surface area contributed by atoms with Crippen LogP contribution < -0.4 is 10.6 Å². The molecule has 3 amide bonds. The number of carbonyl (C=O) groups excluding carboxylic acids is 3. The number of piperazine rings is 1. The number of fused-ring (bicyclic) bond motifs is 2. The number of anilines is 1. The summed E-state index contributed by atoms with van der Waals surface area (Å²) in [6.07, 6.45) is 1.78. The average molecular weight is 562 g/mol. The number of amides is 3. The quantitative estimate of drug-likeness (QED) is 0.294. The maximum absolute atomic E-state index is 13.4. The van der Waals surface area contributed by atoms with Crippen LogP contribution in [0.25, 0.3) is 22.4 Å². The predicted octanol–water partition coefficient (Wildman–Crippen LogP) is 5.16. The van der Waals surface area contributed by atoms with Gasteiger partial charge in [0.05, 0.1) is 17.2 Å². The average Bonchev–Trinajstić information content (AvgIpc) is 3.45. The van der Waals surface area contributed by atoms with Crippen LogP contribution in [0.2, 0.25) is 0 Å². The molecule has 8 nitrogen and oxygen atoms in total. The van der Waals surface area contributed by atoms with Gasteiger partial charge < -0.3 is 25.4 Å². The molecule has 2 aliphatic rings. The van der Waals surface area contributed by atoms with Gasteiger partial charge in [0.25, 0.3) is 17.7 Å². The number of rotatable bonds is 5. The highest BCUT2D eigenvalue weighted by Gasteiger charge is 2.29. The summed E-state index contributed by atoms with van der Waals surface area (Å²) in [5.41, 5.74) is 6.19. The van der Waals surface area contributed by atoms with Crippen LogP contribution in [-0.2, 0) is 4.79 Å². The summed E-state index contributed by atoms with van der Waals surface area (Å²) in [5.74, 6) is -0.454. The molecule has 3 heterocycles. The highest BCUT2D eigenvalue weighted by molar-refractivity contribution is 6.35. The Balaban J connectivity index is 1.25. The smallest absolute Gasteiger partial charge is 0.256 e. The monoisotopic (exact) mass is 561 g/mol. The van der Waals surface area contributed by atoms with E-state index in [2.05, 4.69) is 51.8 Å². The first kappa shape index (κ1) is 27.5. The van der Waals surface area contributed by atoms with Crippen LogP contribution in [-0.4, -0.2) is 65.7 Å². The van der Waals surface area contributed by atoms with Crippen LogP contribution in [0.4, 0.5) is 5.69 Å². The predicted molar refractivity (Wildman–Crippen MR) is 166 cm³/mol. The third kappa shape index (κ3) is 5.10. The Kier molecular flexibility index (Phi) is 7.16. The molecule has 1 fully saturated rings. The lowest BCUT2D eigenvalue weighted by Gasteiger charge is -2.32. The minimum absolute atomic E-state index is 0.00904. The van der Waals surface area contributed by atoms with Crippen molar-refractivity contribution in [3.8, 4) is 0 Å². The number of aromatic nitrogens is 1. The van der Waals surface area contributed by atoms with E-state index in [0.717, 1.165) is 40.7 Å². The van der Waals surface area contributed by atoms with E-state index in [9.17, 15) is 14.4 Å². The topological polar surface area (TPSA) is 97.5 Å². The van der Waals surface area contributed by atoms with E-state index in [1.54, 1.807) is 24.3 Å². The molecule has 0 saturated carbocycles. The van der Waals surface area contributed by atoms with Crippen LogP contribution >= 0.6 is 0 Å². The molecule has 1 aromatic heterocycles. The maximum atomic E-state index is 13.4. The largest absolute Gasteiger partial charge is 0.358 e. The Bertz CT molecular complexity index is 1760. The second kappa shape index (κ2) is 10.9. The molecule has 1 atom stereocenters. The molecule has 0 spiro atoms. The summed E-state index contributed by atoms with van der Waals surface area (Å²) >= 11 is 0. The van der Waals surface area contributed by atoms with Gasteiger partial charge in [-0.15, -0.1) is 0 Å². The van der Waals surface area contributed by atoms with E-state index in [1.165, 1.54) is 0 Å². The number of hydrogen-bond acceptors (Lipinski definition) is 4. The zero-order valence-electron chi connectivity index (χ0n) is 24.4. The molecule has 42 heavy (non-hydrogen) atoms. The number of aryl methyl sites for hydroxylation is 1. The summed E-state index contributed by atoms with van der Waals surface area (Å²) in [6.45, 7) is 8.83. The molecular formula is C34H35N5O3. The summed E-state index contributed by atoms with van der Waals surface area (Å²) in [7, 11) is 2.06. The lowest BCUT2D eigenvalue weighted by molar-refractivity contribution is -0.110. The van der Waals surface area contributed by atoms with Gasteiger partial charge >= 0.3 is 0 Å². The van der Waals surface area contributed by atoms with E-state index in [1.807, 2.05) is 43.9 Å². The summed E-state index contributed by atoms with van der Waals surface area (Å²) < 4.78 is 0. The van der Waals surface area contributed by atoms with Crippen molar-refractivity contribution < 1.29 is 14.4 Å². The van der Waals surface area contributed by atoms with Gasteiger partial charge in [0.1, 0.15) is 0 Å². The minimum atomic E-state index is -0.245. The lowest BCUT2D eigenvalue weighted by atomic mass is 10.0. The van der Waals surface area contributed by atoms with Crippen molar-refractivity contribution >= 4 is 45.8 Å². The Labute approximate surface area is 245 Å². The summed E-state index contributed by atoms with van der Waals surface area (Å²) in [4.78, 5) is 47.1. The molecule has 4 aromatic rings. The van der Waals surface area contributed by atoms with Gasteiger partial charge in [0.15, 0.2) is 0 Å². The van der Waals surface area contributed by atoms with Gasteiger partial charge in [0, 0.05) is 54.4 Å². The van der Waals surface area contributed by atoms with Crippen molar-refractivity contribution in [3.05, 3.63) is 99.9 Å². The molecule has 0 bridgehead atoms. The Morgan fingerprint density at radius 2 is 1.69 bits per heavy atom. The fourth-order valence-corrected chi connectivity index (χ4v) is 5.86. The highest BCUT2D eigenvalue weighted by Crippen LogP contribution is 2.35. The van der Waals surface area contributed by atoms with Crippen molar-refractivity contribution in [2.75, 3.05) is 38.5 Å². The molecule has 3 N–H and O–H groups in total. The second-order valence-electron chi connectivity index (χ2n) is 11.3. The van der Waals surface area contributed by atoms with E-state index in [4.69, 9.17) is 0 Å². The van der Waals surface area contributed by atoms with E-state index in [0.29, 0.717) is 46.7 Å². The van der Waals surface area contributed by atoms with E-state index in [-0.39, 0.29) is 23.8 Å². The zero-order valence-corrected chi connectivity index (χ0v) is 24.4. The minimum Gasteiger partial charge on any atom is -0.358 e. The van der Waals surface area contributed by atoms with Crippen LogP contribution in [0, 0.1) is 13.8 Å². The first-order valence-corrected chi connectivity index (χ1v) is 14.3. The Morgan fingerprint density at radius 1 is 0.952 bits per heavy atom. The SMILES string of the molecule is Cc1[nH]c(C=C2C(=O)Nc3ccc(C(=O)N[C@H](C)c4ccc5ccccc5c4)cc32)c(C)c1C(=O)N1CCN(C)CC1. The molecule has 0 unspecified atom stereocenters. The van der Waals surface area contributed by atoms with Crippen LogP contribution in [0.15, 0.2) is 60.7 Å². The molecular weight excluding hydrogens is 526 g/mol. The molecule has 1 saturated heterocycles. The van der Waals surface area contributed by atoms with Gasteiger partial charge in [-0.1, -0.05) is 36.4 Å². The van der Waals surface area contributed by atoms with Crippen LogP contribution in [0.1, 0.15) is 61.8 Å². The highest BCUT2D eigenvalue weighted by atomic mass is 16.2. The number of aromatic amines is 1. The number of hydrogen-bond donors (Lipinski definition) is 3. The molecule has 0 aliphatic carbocycles. The zero-order chi connectivity index (χ0) is 29.5. The first-order valence-electron chi connectivity index (χ1n) is 14.3. The number of carbonyl (C=O) groups is 3. The number of nitrogens with one attached hydrogen (secondary N) is 3. The first-order chi connectivity index (χ1) is 20.2. The molecule has 6 rings (SSSR count). The van der Waals surface area contributed by atoms with E-state index >= 15 is 0 Å². The van der Waals surface area contributed by atoms with Crippen molar-refractivity contribution in [2.24, 2.45) is 0 Å². The summed E-state index contributed by atoms with van der Waals surface area (Å²) in [6, 6.07) is 19.4. The molecule has 2 aliphatic heterocycles. The fourth-order valence-electron chi connectivity index (χ4n) is 5.86. The van der Waals surface area contributed by atoms with Crippen LogP contribution in [0.3, 0.4) is 0 Å². The van der Waals surface area contributed by atoms with Crippen molar-refractivity contribution in [1.82, 2.24) is 20.1 Å². The van der Waals surface area contributed by atoms with Gasteiger partial charge in [-0.25, -0.2) is 0 Å². The van der Waals surface area contributed by atoms with Crippen molar-refractivity contribution in [3.63, 3.8) is 0 Å². The number of nitrogens with zero attached hydrogens (tertiary/aromatic N) is 2. The third-order valence-electron chi connectivity index (χ3n) is 8.46. The second-order valence-corrected chi connectivity index (χ2v) is 11.3. The van der Waals surface area contributed by atoms with Crippen molar-refractivity contribution in [1.29, 1.82) is 0 Å². The lowest BCUT2D eigenvalue weighted by Crippen LogP contribution is -2.47. The van der Waals surface area contributed by atoms with Crippen molar-refractivity contribution in [2.45, 2.75) is 26.8 Å². The molecule has 214 valence electrons.